The molecule has 0 saturated carbocycles. The van der Waals surface area contributed by atoms with Gasteiger partial charge in [0.2, 0.25) is 0 Å². The van der Waals surface area contributed by atoms with Gasteiger partial charge in [-0.25, -0.2) is 0 Å². The number of hydrogen-bond acceptors (Lipinski definition) is 1. The predicted octanol–water partition coefficient (Wildman–Crippen LogP) is 3.75. The maximum atomic E-state index is 3.92. The summed E-state index contributed by atoms with van der Waals surface area (Å²) in [6.45, 7) is 0. The standard InChI is InChI=1S/C17H16NSi/c19-17-11-13-10-9-12-5-1-3-7-15(12)18(13)16-8-4-2-6-14(16)17/h1-8,13,17H,9-11H2. The normalized spacial score (nSPS) is 24.4. The Morgan fingerprint density at radius 1 is 0.947 bits per heavy atom. The molecular formula is C17H16NSi. The van der Waals surface area contributed by atoms with Crippen molar-refractivity contribution in [2.45, 2.75) is 30.8 Å². The minimum atomic E-state index is 0.489. The minimum absolute atomic E-state index is 0.489. The Bertz CT molecular complexity index is 622. The number of fused-ring (bicyclic) bond motifs is 5. The van der Waals surface area contributed by atoms with Crippen molar-refractivity contribution in [2.24, 2.45) is 0 Å². The van der Waals surface area contributed by atoms with Crippen molar-refractivity contribution >= 4 is 21.6 Å². The number of hydrogen-bond donors (Lipinski definition) is 0. The van der Waals surface area contributed by atoms with Gasteiger partial charge >= 0.3 is 0 Å². The van der Waals surface area contributed by atoms with Crippen LogP contribution in [0.2, 0.25) is 0 Å². The third-order valence-corrected chi connectivity index (χ3v) is 4.99. The van der Waals surface area contributed by atoms with Gasteiger partial charge in [-0.05, 0) is 48.1 Å². The largest absolute Gasteiger partial charge is 0.338 e. The highest BCUT2D eigenvalue weighted by atomic mass is 28.1. The SMILES string of the molecule is [Si]C1CC2CCc3ccccc3N2c2ccccc21. The molecule has 2 heteroatoms. The number of aryl methyl sites for hydroxylation is 1. The topological polar surface area (TPSA) is 3.24 Å². The molecule has 1 nitrogen and oxygen atoms in total. The smallest absolute Gasteiger partial charge is 0.0445 e. The fraction of sp³-hybridized carbons (Fsp3) is 0.294. The van der Waals surface area contributed by atoms with Gasteiger partial charge in [-0.3, -0.25) is 0 Å². The average Bonchev–Trinajstić information content (AvgIpc) is 2.47. The summed E-state index contributed by atoms with van der Waals surface area (Å²) in [6.07, 6.45) is 3.66. The van der Waals surface area contributed by atoms with E-state index >= 15 is 0 Å². The molecule has 0 amide bonds. The summed E-state index contributed by atoms with van der Waals surface area (Å²) in [7, 11) is 3.92. The molecule has 19 heavy (non-hydrogen) atoms. The summed E-state index contributed by atoms with van der Waals surface area (Å²) >= 11 is 0. The lowest BCUT2D eigenvalue weighted by Gasteiger charge is -2.45. The highest BCUT2D eigenvalue weighted by Crippen LogP contribution is 2.45. The molecular weight excluding hydrogens is 246 g/mol. The molecule has 0 N–H and O–H groups in total. The van der Waals surface area contributed by atoms with Crippen LogP contribution in [0, 0.1) is 0 Å². The average molecular weight is 262 g/mol. The number of para-hydroxylation sites is 2. The zero-order valence-electron chi connectivity index (χ0n) is 10.8. The summed E-state index contributed by atoms with van der Waals surface area (Å²) in [5.41, 5.74) is 6.19. The van der Waals surface area contributed by atoms with Crippen molar-refractivity contribution in [2.75, 3.05) is 4.90 Å². The lowest BCUT2D eigenvalue weighted by molar-refractivity contribution is 0.510. The van der Waals surface area contributed by atoms with E-state index in [0.29, 0.717) is 11.6 Å². The molecule has 2 aromatic carbocycles. The first-order chi connectivity index (χ1) is 9.34. The van der Waals surface area contributed by atoms with E-state index in [1.54, 1.807) is 0 Å². The van der Waals surface area contributed by atoms with Crippen LogP contribution in [0.1, 0.15) is 29.5 Å². The van der Waals surface area contributed by atoms with Gasteiger partial charge in [-0.2, -0.15) is 0 Å². The van der Waals surface area contributed by atoms with E-state index in [2.05, 4.69) is 63.7 Å². The second-order valence-electron chi connectivity index (χ2n) is 5.54. The van der Waals surface area contributed by atoms with E-state index < -0.39 is 0 Å². The van der Waals surface area contributed by atoms with Gasteiger partial charge in [0.15, 0.2) is 0 Å². The van der Waals surface area contributed by atoms with Crippen LogP contribution < -0.4 is 4.90 Å². The summed E-state index contributed by atoms with van der Waals surface area (Å²) < 4.78 is 0. The van der Waals surface area contributed by atoms with Crippen molar-refractivity contribution in [3.05, 3.63) is 59.7 Å². The quantitative estimate of drug-likeness (QED) is 0.654. The number of nitrogens with zero attached hydrogens (tertiary/aromatic N) is 1. The van der Waals surface area contributed by atoms with Crippen LogP contribution in [-0.4, -0.2) is 16.3 Å². The summed E-state index contributed by atoms with van der Waals surface area (Å²) in [4.78, 5) is 2.56. The number of benzene rings is 2. The van der Waals surface area contributed by atoms with Gasteiger partial charge in [-0.1, -0.05) is 36.4 Å². The Labute approximate surface area is 117 Å². The first-order valence-corrected chi connectivity index (χ1v) is 7.59. The molecule has 2 heterocycles. The van der Waals surface area contributed by atoms with E-state index in [1.807, 2.05) is 0 Å². The van der Waals surface area contributed by atoms with Crippen LogP contribution in [0.4, 0.5) is 11.4 Å². The van der Waals surface area contributed by atoms with Crippen LogP contribution >= 0.6 is 0 Å². The van der Waals surface area contributed by atoms with Gasteiger partial charge in [0.1, 0.15) is 0 Å². The molecule has 0 aromatic heterocycles. The van der Waals surface area contributed by atoms with Crippen LogP contribution in [0.25, 0.3) is 0 Å². The van der Waals surface area contributed by atoms with E-state index in [-0.39, 0.29) is 0 Å². The molecule has 0 aliphatic carbocycles. The monoisotopic (exact) mass is 262 g/mol. The molecule has 93 valence electrons. The van der Waals surface area contributed by atoms with Crippen molar-refractivity contribution in [3.8, 4) is 0 Å². The summed E-state index contributed by atoms with van der Waals surface area (Å²) in [5.74, 6) is 0. The van der Waals surface area contributed by atoms with Gasteiger partial charge in [0.05, 0.1) is 0 Å². The summed E-state index contributed by atoms with van der Waals surface area (Å²) in [5, 5.41) is 0. The van der Waals surface area contributed by atoms with E-state index in [9.17, 15) is 0 Å². The Balaban J connectivity index is 1.92. The fourth-order valence-electron chi connectivity index (χ4n) is 3.56. The van der Waals surface area contributed by atoms with Crippen LogP contribution in [0.5, 0.6) is 0 Å². The van der Waals surface area contributed by atoms with Crippen molar-refractivity contribution < 1.29 is 0 Å². The lowest BCUT2D eigenvalue weighted by Crippen LogP contribution is -2.40. The molecule has 0 spiro atoms. The molecule has 0 bridgehead atoms. The Kier molecular flexibility index (Phi) is 2.52. The molecule has 2 atom stereocenters. The van der Waals surface area contributed by atoms with E-state index in [0.717, 1.165) is 0 Å². The van der Waals surface area contributed by atoms with Gasteiger partial charge in [-0.15, -0.1) is 0 Å². The molecule has 2 aliphatic rings. The van der Waals surface area contributed by atoms with Crippen LogP contribution in [0.3, 0.4) is 0 Å². The van der Waals surface area contributed by atoms with E-state index in [4.69, 9.17) is 0 Å². The lowest BCUT2D eigenvalue weighted by atomic mass is 9.86. The maximum absolute atomic E-state index is 3.92. The fourth-order valence-corrected chi connectivity index (χ4v) is 4.07. The number of rotatable bonds is 0. The number of anilines is 2. The Hall–Kier alpha value is -1.54. The molecule has 2 aromatic rings. The zero-order valence-corrected chi connectivity index (χ0v) is 11.8. The van der Waals surface area contributed by atoms with Crippen LogP contribution in [0.15, 0.2) is 48.5 Å². The molecule has 3 radical (unpaired) electrons. The molecule has 2 unspecified atom stereocenters. The third kappa shape index (κ3) is 1.66. The van der Waals surface area contributed by atoms with Crippen molar-refractivity contribution in [3.63, 3.8) is 0 Å². The highest BCUT2D eigenvalue weighted by Gasteiger charge is 2.34. The second-order valence-corrected chi connectivity index (χ2v) is 6.24. The minimum Gasteiger partial charge on any atom is -0.338 e. The van der Waals surface area contributed by atoms with Crippen molar-refractivity contribution in [1.82, 2.24) is 0 Å². The third-order valence-electron chi connectivity index (χ3n) is 4.44. The van der Waals surface area contributed by atoms with Gasteiger partial charge in [0.25, 0.3) is 0 Å². The predicted molar refractivity (Wildman–Crippen MR) is 80.2 cm³/mol. The first-order valence-electron chi connectivity index (χ1n) is 7.02. The first kappa shape index (κ1) is 11.3. The Morgan fingerprint density at radius 3 is 2.58 bits per heavy atom. The molecule has 0 saturated heterocycles. The molecule has 0 fully saturated rings. The summed E-state index contributed by atoms with van der Waals surface area (Å²) in [6, 6.07) is 18.3. The van der Waals surface area contributed by atoms with Crippen LogP contribution in [-0.2, 0) is 6.42 Å². The Morgan fingerprint density at radius 2 is 1.68 bits per heavy atom. The maximum Gasteiger partial charge on any atom is 0.0445 e. The zero-order chi connectivity index (χ0) is 12.8. The van der Waals surface area contributed by atoms with Gasteiger partial charge < -0.3 is 4.90 Å². The highest BCUT2D eigenvalue weighted by molar-refractivity contribution is 6.13. The second kappa shape index (κ2) is 4.24. The van der Waals surface area contributed by atoms with Crippen molar-refractivity contribution in [1.29, 1.82) is 0 Å². The van der Waals surface area contributed by atoms with Gasteiger partial charge in [0, 0.05) is 27.7 Å². The van der Waals surface area contributed by atoms with E-state index in [1.165, 1.54) is 41.8 Å². The molecule has 4 rings (SSSR count). The molecule has 2 aliphatic heterocycles.